The van der Waals surface area contributed by atoms with E-state index in [0.29, 0.717) is 12.1 Å². The van der Waals surface area contributed by atoms with E-state index in [2.05, 4.69) is 55.1 Å². The Hall–Kier alpha value is -2.25. The number of benzene rings is 1. The van der Waals surface area contributed by atoms with Crippen LogP contribution in [0.3, 0.4) is 0 Å². The molecule has 0 saturated carbocycles. The quantitative estimate of drug-likeness (QED) is 0.524. The van der Waals surface area contributed by atoms with E-state index < -0.39 is 0 Å². The van der Waals surface area contributed by atoms with E-state index in [-0.39, 0.29) is 0 Å². The highest BCUT2D eigenvalue weighted by Crippen LogP contribution is 2.30. The molecule has 0 amide bonds. The lowest BCUT2D eigenvalue weighted by Gasteiger charge is -2.28. The van der Waals surface area contributed by atoms with Gasteiger partial charge in [0.1, 0.15) is 5.75 Å². The van der Waals surface area contributed by atoms with E-state index in [1.165, 1.54) is 36.5 Å². The maximum Gasteiger partial charge on any atom is 0.191 e. The molecule has 7 heteroatoms. The number of nitrogens with one attached hydrogen (secondary N) is 2. The normalized spacial score (nSPS) is 21.1. The lowest BCUT2D eigenvalue weighted by atomic mass is 10.2. The molecule has 3 heterocycles. The second kappa shape index (κ2) is 10.2. The lowest BCUT2D eigenvalue weighted by molar-refractivity contribution is 0.249. The Bertz CT molecular complexity index is 819. The molecule has 1 aromatic heterocycles. The summed E-state index contributed by atoms with van der Waals surface area (Å²) in [6, 6.07) is 13.4. The molecule has 2 aliphatic rings. The number of rotatable bonds is 7. The van der Waals surface area contributed by atoms with Crippen LogP contribution in [0.2, 0.25) is 0 Å². The maximum atomic E-state index is 5.54. The first-order chi connectivity index (χ1) is 14.8. The second-order valence-electron chi connectivity index (χ2n) is 7.98. The van der Waals surface area contributed by atoms with E-state index in [9.17, 15) is 0 Å². The third-order valence-corrected chi connectivity index (χ3v) is 7.07. The highest BCUT2D eigenvalue weighted by Gasteiger charge is 2.27. The van der Waals surface area contributed by atoms with Crippen molar-refractivity contribution in [1.82, 2.24) is 15.5 Å². The van der Waals surface area contributed by atoms with E-state index >= 15 is 0 Å². The van der Waals surface area contributed by atoms with Gasteiger partial charge in [-0.15, -0.1) is 11.3 Å². The van der Waals surface area contributed by atoms with Gasteiger partial charge in [0, 0.05) is 37.6 Å². The summed E-state index contributed by atoms with van der Waals surface area (Å²) >= 11 is 1.85. The van der Waals surface area contributed by atoms with Gasteiger partial charge in [0.05, 0.1) is 18.8 Å². The van der Waals surface area contributed by atoms with Gasteiger partial charge in [0.25, 0.3) is 0 Å². The van der Waals surface area contributed by atoms with Crippen molar-refractivity contribution in [2.45, 2.75) is 31.3 Å². The van der Waals surface area contributed by atoms with Crippen molar-refractivity contribution in [3.63, 3.8) is 0 Å². The fourth-order valence-electron chi connectivity index (χ4n) is 4.51. The molecule has 30 heavy (non-hydrogen) atoms. The lowest BCUT2D eigenvalue weighted by Crippen LogP contribution is -2.47. The summed E-state index contributed by atoms with van der Waals surface area (Å²) in [6.45, 7) is 5.21. The van der Waals surface area contributed by atoms with Crippen LogP contribution in [0.5, 0.6) is 5.75 Å². The van der Waals surface area contributed by atoms with E-state index in [1.807, 2.05) is 30.5 Å². The van der Waals surface area contributed by atoms with Crippen molar-refractivity contribution in [1.29, 1.82) is 0 Å². The first-order valence-corrected chi connectivity index (χ1v) is 11.8. The van der Waals surface area contributed by atoms with Crippen LogP contribution in [0.15, 0.2) is 46.8 Å². The number of likely N-dealkylation sites (tertiary alicyclic amines) is 1. The van der Waals surface area contributed by atoms with Crippen LogP contribution in [0.4, 0.5) is 5.69 Å². The molecular weight excluding hydrogens is 394 g/mol. The van der Waals surface area contributed by atoms with Gasteiger partial charge in [-0.2, -0.15) is 0 Å². The molecule has 0 radical (unpaired) electrons. The minimum absolute atomic E-state index is 0.369. The van der Waals surface area contributed by atoms with Gasteiger partial charge in [0.15, 0.2) is 5.96 Å². The number of ether oxygens (including phenoxy) is 1. The number of hydrogen-bond acceptors (Lipinski definition) is 5. The van der Waals surface area contributed by atoms with Crippen molar-refractivity contribution < 1.29 is 4.74 Å². The molecule has 1 aromatic carbocycles. The average Bonchev–Trinajstić information content (AvgIpc) is 3.56. The second-order valence-corrected chi connectivity index (χ2v) is 8.95. The van der Waals surface area contributed by atoms with Crippen molar-refractivity contribution in [2.75, 3.05) is 51.8 Å². The standard InChI is InChI=1S/C23H33N5OS/c1-24-23(25-16-20(22-10-7-15-30-22)27-12-5-6-13-27)26-18-11-14-28(17-18)19-8-3-4-9-21(19)29-2/h3-4,7-10,15,18,20H,5-6,11-14,16-17H2,1-2H3,(H2,24,25,26). The number of aliphatic imine (C=N–C) groups is 1. The first kappa shape index (κ1) is 21.0. The Morgan fingerprint density at radius 1 is 1.20 bits per heavy atom. The summed E-state index contributed by atoms with van der Waals surface area (Å²) < 4.78 is 5.54. The Kier molecular flexibility index (Phi) is 7.12. The third kappa shape index (κ3) is 4.90. The van der Waals surface area contributed by atoms with Gasteiger partial charge >= 0.3 is 0 Å². The molecule has 2 N–H and O–H groups in total. The van der Waals surface area contributed by atoms with Crippen LogP contribution in [0, 0.1) is 0 Å². The molecule has 4 rings (SSSR count). The number of nitrogens with zero attached hydrogens (tertiary/aromatic N) is 3. The number of guanidine groups is 1. The molecule has 2 aliphatic heterocycles. The zero-order chi connectivity index (χ0) is 20.8. The largest absolute Gasteiger partial charge is 0.495 e. The van der Waals surface area contributed by atoms with Crippen LogP contribution in [-0.4, -0.2) is 63.8 Å². The summed E-state index contributed by atoms with van der Waals surface area (Å²) in [5.74, 6) is 1.83. The summed E-state index contributed by atoms with van der Waals surface area (Å²) in [7, 11) is 3.60. The van der Waals surface area contributed by atoms with Gasteiger partial charge in [0.2, 0.25) is 0 Å². The van der Waals surface area contributed by atoms with Crippen LogP contribution in [0.1, 0.15) is 30.2 Å². The van der Waals surface area contributed by atoms with Crippen molar-refractivity contribution >= 4 is 23.0 Å². The molecule has 162 valence electrons. The van der Waals surface area contributed by atoms with Gasteiger partial charge in [-0.1, -0.05) is 18.2 Å². The molecule has 2 saturated heterocycles. The van der Waals surface area contributed by atoms with E-state index in [0.717, 1.165) is 37.8 Å². The molecule has 2 unspecified atom stereocenters. The molecule has 6 nitrogen and oxygen atoms in total. The van der Waals surface area contributed by atoms with Gasteiger partial charge < -0.3 is 20.3 Å². The molecule has 0 spiro atoms. The van der Waals surface area contributed by atoms with Crippen LogP contribution < -0.4 is 20.3 Å². The van der Waals surface area contributed by atoms with Crippen molar-refractivity contribution in [3.8, 4) is 5.75 Å². The summed E-state index contributed by atoms with van der Waals surface area (Å²) in [5.41, 5.74) is 1.17. The highest BCUT2D eigenvalue weighted by atomic mass is 32.1. The molecule has 0 aliphatic carbocycles. The molecule has 2 fully saturated rings. The Morgan fingerprint density at radius 3 is 2.77 bits per heavy atom. The number of methoxy groups -OCH3 is 1. The Morgan fingerprint density at radius 2 is 2.03 bits per heavy atom. The summed E-state index contributed by atoms with van der Waals surface area (Å²) in [6.07, 6.45) is 3.69. The van der Waals surface area contributed by atoms with Gasteiger partial charge in [-0.25, -0.2) is 0 Å². The summed E-state index contributed by atoms with van der Waals surface area (Å²) in [4.78, 5) is 10.9. The van der Waals surface area contributed by atoms with Gasteiger partial charge in [-0.3, -0.25) is 9.89 Å². The van der Waals surface area contributed by atoms with E-state index in [1.54, 1.807) is 7.11 Å². The zero-order valence-corrected chi connectivity index (χ0v) is 18.8. The first-order valence-electron chi connectivity index (χ1n) is 10.9. The molecule has 2 atom stereocenters. The fourth-order valence-corrected chi connectivity index (χ4v) is 5.37. The predicted octanol–water partition coefficient (Wildman–Crippen LogP) is 3.34. The van der Waals surface area contributed by atoms with Crippen LogP contribution in [0.25, 0.3) is 0 Å². The maximum absolute atomic E-state index is 5.54. The van der Waals surface area contributed by atoms with Gasteiger partial charge in [-0.05, 0) is 55.9 Å². The summed E-state index contributed by atoms with van der Waals surface area (Å²) in [5, 5.41) is 9.41. The Labute approximate surface area is 183 Å². The fraction of sp³-hybridized carbons (Fsp3) is 0.522. The minimum Gasteiger partial charge on any atom is -0.495 e. The smallest absolute Gasteiger partial charge is 0.191 e. The Balaban J connectivity index is 1.33. The van der Waals surface area contributed by atoms with E-state index in [4.69, 9.17) is 4.74 Å². The number of thiophene rings is 1. The molecular formula is C23H33N5OS. The molecule has 2 aromatic rings. The zero-order valence-electron chi connectivity index (χ0n) is 18.0. The van der Waals surface area contributed by atoms with Crippen LogP contribution in [-0.2, 0) is 0 Å². The van der Waals surface area contributed by atoms with Crippen LogP contribution >= 0.6 is 11.3 Å². The highest BCUT2D eigenvalue weighted by molar-refractivity contribution is 7.10. The number of para-hydroxylation sites is 2. The number of anilines is 1. The van der Waals surface area contributed by atoms with Crippen molar-refractivity contribution in [3.05, 3.63) is 46.7 Å². The third-order valence-electron chi connectivity index (χ3n) is 6.09. The number of hydrogen-bond donors (Lipinski definition) is 2. The SMILES string of the molecule is CN=C(NCC(c1cccs1)N1CCCC1)NC1CCN(c2ccccc2OC)C1. The van der Waals surface area contributed by atoms with Crippen molar-refractivity contribution in [2.24, 2.45) is 4.99 Å². The minimum atomic E-state index is 0.369. The average molecular weight is 428 g/mol. The molecule has 0 bridgehead atoms. The predicted molar refractivity (Wildman–Crippen MR) is 126 cm³/mol. The monoisotopic (exact) mass is 427 g/mol. The topological polar surface area (TPSA) is 52.1 Å².